The summed E-state index contributed by atoms with van der Waals surface area (Å²) in [5.74, 6) is 0.243. The van der Waals surface area contributed by atoms with E-state index in [2.05, 4.69) is 10.3 Å². The van der Waals surface area contributed by atoms with Crippen molar-refractivity contribution >= 4 is 22.8 Å². The Balaban J connectivity index is 1.71. The van der Waals surface area contributed by atoms with E-state index in [0.29, 0.717) is 18.9 Å². The van der Waals surface area contributed by atoms with Crippen LogP contribution in [0, 0.1) is 0 Å². The lowest BCUT2D eigenvalue weighted by molar-refractivity contribution is -0.133. The van der Waals surface area contributed by atoms with E-state index in [1.165, 1.54) is 6.42 Å². The van der Waals surface area contributed by atoms with Gasteiger partial charge in [-0.1, -0.05) is 38.3 Å². The molecule has 2 aromatic rings. The van der Waals surface area contributed by atoms with E-state index in [0.717, 1.165) is 43.1 Å². The predicted octanol–water partition coefficient (Wildman–Crippen LogP) is 3.11. The third kappa shape index (κ3) is 3.01. The lowest BCUT2D eigenvalue weighted by Gasteiger charge is -2.44. The van der Waals surface area contributed by atoms with Gasteiger partial charge in [-0.25, -0.2) is 4.98 Å². The van der Waals surface area contributed by atoms with Gasteiger partial charge in [0.25, 0.3) is 5.91 Å². The fourth-order valence-electron chi connectivity index (χ4n) is 4.49. The van der Waals surface area contributed by atoms with Crippen LogP contribution in [0.15, 0.2) is 24.3 Å². The number of hydrogen-bond acceptors (Lipinski definition) is 3. The van der Waals surface area contributed by atoms with Gasteiger partial charge in [0.1, 0.15) is 5.54 Å². The fourth-order valence-corrected chi connectivity index (χ4v) is 4.49. The average molecular weight is 368 g/mol. The number of para-hydroxylation sites is 2. The SMILES string of the molecule is CCCN1C(=O)c2nc3ccccc3n2C[C@]1(C)C(=O)NC1CCCCC1. The Kier molecular flexibility index (Phi) is 4.66. The van der Waals surface area contributed by atoms with E-state index < -0.39 is 5.54 Å². The third-order valence-electron chi connectivity index (χ3n) is 6.03. The molecule has 2 heterocycles. The van der Waals surface area contributed by atoms with Crippen LogP contribution in [-0.4, -0.2) is 44.4 Å². The van der Waals surface area contributed by atoms with Gasteiger partial charge >= 0.3 is 0 Å². The van der Waals surface area contributed by atoms with Crippen LogP contribution in [0.2, 0.25) is 0 Å². The van der Waals surface area contributed by atoms with Crippen LogP contribution in [-0.2, 0) is 11.3 Å². The van der Waals surface area contributed by atoms with Crippen molar-refractivity contribution in [3.8, 4) is 0 Å². The zero-order chi connectivity index (χ0) is 19.0. The molecule has 1 aromatic carbocycles. The highest BCUT2D eigenvalue weighted by atomic mass is 16.2. The highest BCUT2D eigenvalue weighted by Crippen LogP contribution is 2.31. The molecule has 1 aromatic heterocycles. The molecule has 1 N–H and O–H groups in total. The minimum atomic E-state index is -0.902. The topological polar surface area (TPSA) is 67.2 Å². The van der Waals surface area contributed by atoms with Crippen LogP contribution in [0.1, 0.15) is 63.0 Å². The Labute approximate surface area is 159 Å². The minimum Gasteiger partial charge on any atom is -0.351 e. The summed E-state index contributed by atoms with van der Waals surface area (Å²) in [6, 6.07) is 7.97. The maximum atomic E-state index is 13.3. The molecular weight excluding hydrogens is 340 g/mol. The van der Waals surface area contributed by atoms with Crippen LogP contribution >= 0.6 is 0 Å². The number of benzene rings is 1. The Bertz CT molecular complexity index is 868. The predicted molar refractivity (Wildman–Crippen MR) is 104 cm³/mol. The van der Waals surface area contributed by atoms with E-state index in [4.69, 9.17) is 0 Å². The zero-order valence-corrected chi connectivity index (χ0v) is 16.2. The number of hydrogen-bond donors (Lipinski definition) is 1. The van der Waals surface area contributed by atoms with E-state index in [1.807, 2.05) is 42.7 Å². The van der Waals surface area contributed by atoms with Crippen molar-refractivity contribution in [1.82, 2.24) is 19.8 Å². The van der Waals surface area contributed by atoms with E-state index in [-0.39, 0.29) is 17.9 Å². The van der Waals surface area contributed by atoms with Gasteiger partial charge in [-0.2, -0.15) is 0 Å². The van der Waals surface area contributed by atoms with E-state index >= 15 is 0 Å². The first-order valence-electron chi connectivity index (χ1n) is 10.1. The highest BCUT2D eigenvalue weighted by Gasteiger charge is 2.48. The number of nitrogens with zero attached hydrogens (tertiary/aromatic N) is 3. The van der Waals surface area contributed by atoms with Gasteiger partial charge in [-0.15, -0.1) is 0 Å². The fraction of sp³-hybridized carbons (Fsp3) is 0.571. The van der Waals surface area contributed by atoms with Crippen LogP contribution in [0.3, 0.4) is 0 Å². The molecule has 6 heteroatoms. The summed E-state index contributed by atoms with van der Waals surface area (Å²) in [7, 11) is 0. The number of amides is 2. The molecule has 2 aliphatic rings. The Morgan fingerprint density at radius 1 is 1.26 bits per heavy atom. The van der Waals surface area contributed by atoms with Crippen molar-refractivity contribution in [2.24, 2.45) is 0 Å². The quantitative estimate of drug-likeness (QED) is 0.902. The maximum absolute atomic E-state index is 13.3. The molecule has 4 rings (SSSR count). The number of fused-ring (bicyclic) bond motifs is 3. The van der Waals surface area contributed by atoms with Crippen molar-refractivity contribution in [3.63, 3.8) is 0 Å². The lowest BCUT2D eigenvalue weighted by Crippen LogP contribution is -2.65. The normalized spacial score (nSPS) is 23.5. The summed E-state index contributed by atoms with van der Waals surface area (Å²) in [4.78, 5) is 32.9. The van der Waals surface area contributed by atoms with Crippen LogP contribution in [0.5, 0.6) is 0 Å². The Hall–Kier alpha value is -2.37. The molecule has 27 heavy (non-hydrogen) atoms. The molecule has 1 saturated carbocycles. The second kappa shape index (κ2) is 6.98. The number of carbonyl (C=O) groups excluding carboxylic acids is 2. The molecule has 0 saturated heterocycles. The van der Waals surface area contributed by atoms with Crippen molar-refractivity contribution in [2.45, 2.75) is 70.5 Å². The second-order valence-corrected chi connectivity index (χ2v) is 8.05. The smallest absolute Gasteiger partial charge is 0.290 e. The summed E-state index contributed by atoms with van der Waals surface area (Å²) in [6.07, 6.45) is 6.43. The van der Waals surface area contributed by atoms with Gasteiger partial charge in [-0.05, 0) is 38.3 Å². The first-order valence-corrected chi connectivity index (χ1v) is 10.1. The number of rotatable bonds is 4. The van der Waals surface area contributed by atoms with Crippen LogP contribution < -0.4 is 5.32 Å². The zero-order valence-electron chi connectivity index (χ0n) is 16.2. The maximum Gasteiger partial charge on any atom is 0.290 e. The molecule has 0 bridgehead atoms. The van der Waals surface area contributed by atoms with E-state index in [9.17, 15) is 9.59 Å². The molecule has 0 spiro atoms. The van der Waals surface area contributed by atoms with Gasteiger partial charge in [0.2, 0.25) is 5.91 Å². The average Bonchev–Trinajstić information content (AvgIpc) is 3.04. The molecular formula is C21H28N4O2. The Morgan fingerprint density at radius 3 is 2.74 bits per heavy atom. The number of nitrogens with one attached hydrogen (secondary N) is 1. The molecule has 1 aliphatic heterocycles. The molecule has 1 aliphatic carbocycles. The van der Waals surface area contributed by atoms with Gasteiger partial charge in [-0.3, -0.25) is 9.59 Å². The van der Waals surface area contributed by atoms with E-state index in [1.54, 1.807) is 4.90 Å². The van der Waals surface area contributed by atoms with Crippen molar-refractivity contribution in [1.29, 1.82) is 0 Å². The van der Waals surface area contributed by atoms with Gasteiger partial charge in [0, 0.05) is 12.6 Å². The molecule has 1 atom stereocenters. The largest absolute Gasteiger partial charge is 0.351 e. The molecule has 6 nitrogen and oxygen atoms in total. The first-order chi connectivity index (χ1) is 13.0. The van der Waals surface area contributed by atoms with Gasteiger partial charge < -0.3 is 14.8 Å². The third-order valence-corrected chi connectivity index (χ3v) is 6.03. The first kappa shape index (κ1) is 18.0. The monoisotopic (exact) mass is 368 g/mol. The molecule has 0 unspecified atom stereocenters. The second-order valence-electron chi connectivity index (χ2n) is 8.05. The summed E-state index contributed by atoms with van der Waals surface area (Å²) in [6.45, 7) is 4.92. The van der Waals surface area contributed by atoms with Crippen molar-refractivity contribution in [2.75, 3.05) is 6.54 Å². The van der Waals surface area contributed by atoms with Crippen LogP contribution in [0.25, 0.3) is 11.0 Å². The number of imidazole rings is 1. The molecule has 2 amide bonds. The Morgan fingerprint density at radius 2 is 2.00 bits per heavy atom. The lowest BCUT2D eigenvalue weighted by atomic mass is 9.91. The standard InChI is InChI=1S/C21H28N4O2/c1-3-13-25-19(26)18-23-16-11-7-8-12-17(16)24(18)14-21(25,2)20(27)22-15-9-5-4-6-10-15/h7-8,11-12,15H,3-6,9-10,13-14H2,1-2H3,(H,22,27)/t21-/m1/s1. The number of aromatic nitrogens is 2. The molecule has 144 valence electrons. The minimum absolute atomic E-state index is 0.0420. The van der Waals surface area contributed by atoms with Crippen molar-refractivity contribution < 1.29 is 9.59 Å². The summed E-state index contributed by atoms with van der Waals surface area (Å²) in [5.41, 5.74) is 0.809. The van der Waals surface area contributed by atoms with Crippen LogP contribution in [0.4, 0.5) is 0 Å². The summed E-state index contributed by atoms with van der Waals surface area (Å²) in [5, 5.41) is 3.24. The number of carbonyl (C=O) groups is 2. The molecule has 0 radical (unpaired) electrons. The highest BCUT2D eigenvalue weighted by molar-refractivity contribution is 6.01. The van der Waals surface area contributed by atoms with Crippen molar-refractivity contribution in [3.05, 3.63) is 30.1 Å². The molecule has 1 fully saturated rings. The van der Waals surface area contributed by atoms with Gasteiger partial charge in [0.05, 0.1) is 17.6 Å². The van der Waals surface area contributed by atoms with Gasteiger partial charge in [0.15, 0.2) is 5.82 Å². The summed E-state index contributed by atoms with van der Waals surface area (Å²) < 4.78 is 1.92. The summed E-state index contributed by atoms with van der Waals surface area (Å²) >= 11 is 0.